The van der Waals surface area contributed by atoms with Crippen molar-refractivity contribution in [3.8, 4) is 5.75 Å². The van der Waals surface area contributed by atoms with E-state index in [-0.39, 0.29) is 17.3 Å². The molecule has 3 rings (SSSR count). The Hall–Kier alpha value is -3.85. The molecule has 0 radical (unpaired) electrons. The van der Waals surface area contributed by atoms with Crippen molar-refractivity contribution in [1.82, 2.24) is 10.2 Å². The second-order valence-electron chi connectivity index (χ2n) is 9.04. The van der Waals surface area contributed by atoms with Gasteiger partial charge in [0.2, 0.25) is 11.8 Å². The lowest BCUT2D eigenvalue weighted by Gasteiger charge is -2.32. The molecule has 208 valence electrons. The van der Waals surface area contributed by atoms with Crippen molar-refractivity contribution < 1.29 is 22.7 Å². The number of para-hydroxylation sites is 1. The van der Waals surface area contributed by atoms with Crippen LogP contribution in [-0.4, -0.2) is 57.4 Å². The number of carbonyl (C=O) groups excluding carboxylic acids is 2. The van der Waals surface area contributed by atoms with Gasteiger partial charge in [0.1, 0.15) is 18.3 Å². The minimum absolute atomic E-state index is 0.0344. The Balaban J connectivity index is 1.93. The second-order valence-corrected chi connectivity index (χ2v) is 10.9. The van der Waals surface area contributed by atoms with Crippen molar-refractivity contribution >= 4 is 27.5 Å². The number of hydrogen-bond donors (Lipinski definition) is 1. The van der Waals surface area contributed by atoms with E-state index in [0.29, 0.717) is 31.0 Å². The van der Waals surface area contributed by atoms with Gasteiger partial charge < -0.3 is 15.0 Å². The SMILES string of the molecule is CCCNC(=O)[C@@H](C)N(CCc1ccccc1)C(=O)CN(c1ccccc1)S(=O)(=O)c1ccc(OCC)cc1. The number of hydrogen-bond acceptors (Lipinski definition) is 5. The fourth-order valence-electron chi connectivity index (χ4n) is 4.09. The van der Waals surface area contributed by atoms with E-state index >= 15 is 0 Å². The third-order valence-electron chi connectivity index (χ3n) is 6.25. The predicted molar refractivity (Wildman–Crippen MR) is 153 cm³/mol. The van der Waals surface area contributed by atoms with Gasteiger partial charge in [0.15, 0.2) is 0 Å². The minimum Gasteiger partial charge on any atom is -0.494 e. The maximum Gasteiger partial charge on any atom is 0.264 e. The van der Waals surface area contributed by atoms with Crippen LogP contribution in [0.15, 0.2) is 89.8 Å². The zero-order chi connectivity index (χ0) is 28.3. The van der Waals surface area contributed by atoms with Crippen molar-refractivity contribution in [2.24, 2.45) is 0 Å². The van der Waals surface area contributed by atoms with Crippen LogP contribution in [0.4, 0.5) is 5.69 Å². The van der Waals surface area contributed by atoms with Crippen LogP contribution in [0, 0.1) is 0 Å². The highest BCUT2D eigenvalue weighted by atomic mass is 32.2. The minimum atomic E-state index is -4.11. The van der Waals surface area contributed by atoms with Crippen LogP contribution in [0.5, 0.6) is 5.75 Å². The zero-order valence-corrected chi connectivity index (χ0v) is 23.6. The average Bonchev–Trinajstić information content (AvgIpc) is 2.96. The Morgan fingerprint density at radius 1 is 0.897 bits per heavy atom. The summed E-state index contributed by atoms with van der Waals surface area (Å²) in [5.41, 5.74) is 1.37. The summed E-state index contributed by atoms with van der Waals surface area (Å²) in [6.07, 6.45) is 1.29. The quantitative estimate of drug-likeness (QED) is 0.323. The topological polar surface area (TPSA) is 96.0 Å². The lowest BCUT2D eigenvalue weighted by molar-refractivity contribution is -0.138. The Labute approximate surface area is 231 Å². The molecule has 0 aliphatic rings. The highest BCUT2D eigenvalue weighted by Crippen LogP contribution is 2.25. The Morgan fingerprint density at radius 3 is 2.10 bits per heavy atom. The first-order chi connectivity index (χ1) is 18.8. The van der Waals surface area contributed by atoms with E-state index in [4.69, 9.17) is 4.74 Å². The van der Waals surface area contributed by atoms with E-state index in [2.05, 4.69) is 5.32 Å². The summed E-state index contributed by atoms with van der Waals surface area (Å²) in [5.74, 6) is -0.194. The van der Waals surface area contributed by atoms with Gasteiger partial charge in [0, 0.05) is 13.1 Å². The van der Waals surface area contributed by atoms with E-state index in [0.717, 1.165) is 16.3 Å². The number of benzene rings is 3. The maximum atomic E-state index is 13.8. The van der Waals surface area contributed by atoms with Crippen LogP contribution in [-0.2, 0) is 26.0 Å². The molecule has 1 atom stereocenters. The van der Waals surface area contributed by atoms with Gasteiger partial charge in [-0.05, 0) is 68.7 Å². The molecule has 0 heterocycles. The van der Waals surface area contributed by atoms with Gasteiger partial charge in [-0.2, -0.15) is 0 Å². The van der Waals surface area contributed by atoms with Gasteiger partial charge in [-0.25, -0.2) is 8.42 Å². The van der Waals surface area contributed by atoms with Gasteiger partial charge in [0.05, 0.1) is 17.2 Å². The van der Waals surface area contributed by atoms with Gasteiger partial charge in [-0.3, -0.25) is 13.9 Å². The third-order valence-corrected chi connectivity index (χ3v) is 8.03. The largest absolute Gasteiger partial charge is 0.494 e. The first kappa shape index (κ1) is 29.7. The molecule has 0 aliphatic heterocycles. The summed E-state index contributed by atoms with van der Waals surface area (Å²) in [4.78, 5) is 28.2. The fourth-order valence-corrected chi connectivity index (χ4v) is 5.50. The van der Waals surface area contributed by atoms with Gasteiger partial charge in [-0.15, -0.1) is 0 Å². The van der Waals surface area contributed by atoms with Gasteiger partial charge >= 0.3 is 0 Å². The summed E-state index contributed by atoms with van der Waals surface area (Å²) in [6.45, 7) is 6.22. The number of sulfonamides is 1. The van der Waals surface area contributed by atoms with E-state index in [1.165, 1.54) is 17.0 Å². The molecule has 0 aromatic heterocycles. The van der Waals surface area contributed by atoms with Crippen LogP contribution < -0.4 is 14.4 Å². The molecule has 0 fully saturated rings. The van der Waals surface area contributed by atoms with Crippen molar-refractivity contribution in [3.05, 3.63) is 90.5 Å². The molecule has 0 aliphatic carbocycles. The molecule has 0 saturated heterocycles. The van der Waals surface area contributed by atoms with E-state index in [1.54, 1.807) is 49.4 Å². The molecular weight excluding hydrogens is 514 g/mol. The molecule has 0 spiro atoms. The summed E-state index contributed by atoms with van der Waals surface area (Å²) in [7, 11) is -4.11. The fraction of sp³-hybridized carbons (Fsp3) is 0.333. The second kappa shape index (κ2) is 14.3. The average molecular weight is 552 g/mol. The number of nitrogens with one attached hydrogen (secondary N) is 1. The highest BCUT2D eigenvalue weighted by molar-refractivity contribution is 7.92. The first-order valence-corrected chi connectivity index (χ1v) is 14.6. The molecule has 9 heteroatoms. The lowest BCUT2D eigenvalue weighted by atomic mass is 10.1. The van der Waals surface area contributed by atoms with Crippen LogP contribution in [0.3, 0.4) is 0 Å². The van der Waals surface area contributed by atoms with Crippen molar-refractivity contribution in [2.45, 2.75) is 44.6 Å². The van der Waals surface area contributed by atoms with Crippen LogP contribution in [0.25, 0.3) is 0 Å². The molecule has 8 nitrogen and oxygen atoms in total. The monoisotopic (exact) mass is 551 g/mol. The number of carbonyl (C=O) groups is 2. The molecule has 39 heavy (non-hydrogen) atoms. The maximum absolute atomic E-state index is 13.8. The molecular formula is C30H37N3O5S. The third kappa shape index (κ3) is 8.07. The molecule has 0 bridgehead atoms. The number of nitrogens with zero attached hydrogens (tertiary/aromatic N) is 2. The van der Waals surface area contributed by atoms with Crippen LogP contribution in [0.1, 0.15) is 32.8 Å². The van der Waals surface area contributed by atoms with Gasteiger partial charge in [-0.1, -0.05) is 55.5 Å². The van der Waals surface area contributed by atoms with Gasteiger partial charge in [0.25, 0.3) is 10.0 Å². The number of rotatable bonds is 14. The van der Waals surface area contributed by atoms with E-state index in [1.807, 2.05) is 44.2 Å². The standard InChI is InChI=1S/C30H37N3O5S/c1-4-21-31-30(35)24(3)32(22-20-25-12-8-6-9-13-25)29(34)23-33(26-14-10-7-11-15-26)39(36,37)28-18-16-27(17-19-28)38-5-2/h6-19,24H,4-5,20-23H2,1-3H3,(H,31,35)/t24-/m1/s1. The summed E-state index contributed by atoms with van der Waals surface area (Å²) >= 11 is 0. The molecule has 2 amide bonds. The molecule has 3 aromatic carbocycles. The van der Waals surface area contributed by atoms with Crippen molar-refractivity contribution in [3.63, 3.8) is 0 Å². The highest BCUT2D eigenvalue weighted by Gasteiger charge is 2.32. The van der Waals surface area contributed by atoms with Crippen molar-refractivity contribution in [2.75, 3.05) is 30.5 Å². The number of ether oxygens (including phenoxy) is 1. The Kier molecular flexibility index (Phi) is 10.9. The Morgan fingerprint density at radius 2 is 1.51 bits per heavy atom. The summed E-state index contributed by atoms with van der Waals surface area (Å²) in [5, 5.41) is 2.85. The predicted octanol–water partition coefficient (Wildman–Crippen LogP) is 4.27. The molecule has 0 unspecified atom stereocenters. The normalized spacial score (nSPS) is 11.9. The molecule has 3 aromatic rings. The van der Waals surface area contributed by atoms with Crippen molar-refractivity contribution in [1.29, 1.82) is 0 Å². The first-order valence-electron chi connectivity index (χ1n) is 13.2. The lowest BCUT2D eigenvalue weighted by Crippen LogP contribution is -2.52. The van der Waals surface area contributed by atoms with Crippen LogP contribution in [0.2, 0.25) is 0 Å². The van der Waals surface area contributed by atoms with Crippen LogP contribution >= 0.6 is 0 Å². The van der Waals surface area contributed by atoms with E-state index < -0.39 is 28.5 Å². The summed E-state index contributed by atoms with van der Waals surface area (Å²) < 4.78 is 34.2. The summed E-state index contributed by atoms with van der Waals surface area (Å²) in [6, 6.07) is 23.5. The number of amides is 2. The zero-order valence-electron chi connectivity index (χ0n) is 22.7. The number of anilines is 1. The molecule has 0 saturated carbocycles. The Bertz CT molecular complexity index is 1300. The molecule has 1 N–H and O–H groups in total. The van der Waals surface area contributed by atoms with E-state index in [9.17, 15) is 18.0 Å². The smallest absolute Gasteiger partial charge is 0.264 e.